The number of allylic oxidation sites excluding steroid dienone is 4. The molecule has 2 aliphatic carbocycles. The highest BCUT2D eigenvalue weighted by Gasteiger charge is 2.49. The maximum Gasteiger partial charge on any atom is 0.162 e. The molecule has 1 aliphatic heterocycles. The van der Waals surface area contributed by atoms with Crippen molar-refractivity contribution in [2.24, 2.45) is 10.8 Å². The first-order chi connectivity index (χ1) is 18.5. The summed E-state index contributed by atoms with van der Waals surface area (Å²) in [5.74, 6) is 6.38. The largest absolute Gasteiger partial charge is 0.508 e. The molecule has 2 aromatic carbocycles. The van der Waals surface area contributed by atoms with Crippen molar-refractivity contribution >= 4 is 17.3 Å². The highest BCUT2D eigenvalue weighted by Crippen LogP contribution is 2.55. The summed E-state index contributed by atoms with van der Waals surface area (Å²) in [4.78, 5) is 30.1. The number of anilines is 1. The lowest BCUT2D eigenvalue weighted by atomic mass is 9.63. The Balaban J connectivity index is 1.71. The quantitative estimate of drug-likeness (QED) is 0.329. The molecule has 0 fully saturated rings. The third kappa shape index (κ3) is 5.33. The number of hydrogen-bond donors (Lipinski definition) is 1. The number of rotatable bonds is 4. The lowest BCUT2D eigenvalue weighted by Gasteiger charge is -2.49. The topological polar surface area (TPSA) is 57.6 Å². The molecule has 1 heterocycles. The van der Waals surface area contributed by atoms with Crippen LogP contribution in [0.1, 0.15) is 96.6 Å². The Bertz CT molecular complexity index is 1390. The summed E-state index contributed by atoms with van der Waals surface area (Å²) in [6, 6.07) is 15.3. The van der Waals surface area contributed by atoms with Gasteiger partial charge in [0.1, 0.15) is 5.75 Å². The van der Waals surface area contributed by atoms with Crippen molar-refractivity contribution in [1.29, 1.82) is 0 Å². The third-order valence-electron chi connectivity index (χ3n) is 8.13. The SMILES string of the molecule is CCCCC#Cc1ccc(N2C3=C(C(=O)CC(C)(C)C3)C(c3cccc(O)c3)C3=C2CC(C)(C)CC3=O)cc1. The van der Waals surface area contributed by atoms with Crippen molar-refractivity contribution in [2.45, 2.75) is 85.5 Å². The van der Waals surface area contributed by atoms with E-state index in [4.69, 9.17) is 0 Å². The molecule has 0 unspecified atom stereocenters. The Kier molecular flexibility index (Phi) is 7.06. The maximum absolute atomic E-state index is 13.9. The monoisotopic (exact) mass is 521 g/mol. The van der Waals surface area contributed by atoms with E-state index in [2.05, 4.69) is 63.5 Å². The second-order valence-electron chi connectivity index (χ2n) is 12.9. The number of phenols is 1. The lowest BCUT2D eigenvalue weighted by molar-refractivity contribution is -0.119. The molecule has 0 aromatic heterocycles. The van der Waals surface area contributed by atoms with Crippen molar-refractivity contribution in [2.75, 3.05) is 4.90 Å². The molecule has 3 aliphatic rings. The minimum atomic E-state index is -0.464. The molecule has 0 atom stereocenters. The van der Waals surface area contributed by atoms with Gasteiger partial charge in [-0.3, -0.25) is 9.59 Å². The predicted molar refractivity (Wildman–Crippen MR) is 156 cm³/mol. The third-order valence-corrected chi connectivity index (χ3v) is 8.13. The molecule has 1 N–H and O–H groups in total. The summed E-state index contributed by atoms with van der Waals surface area (Å²) < 4.78 is 0. The van der Waals surface area contributed by atoms with Gasteiger partial charge in [0.05, 0.1) is 0 Å². The van der Waals surface area contributed by atoms with Gasteiger partial charge in [0.2, 0.25) is 0 Å². The molecule has 0 bridgehead atoms. The zero-order valence-corrected chi connectivity index (χ0v) is 23.9. The summed E-state index contributed by atoms with van der Waals surface area (Å²) in [6.45, 7) is 10.7. The highest BCUT2D eigenvalue weighted by atomic mass is 16.3. The Hall–Kier alpha value is -3.58. The van der Waals surface area contributed by atoms with Crippen LogP contribution in [0.25, 0.3) is 0 Å². The summed E-state index contributed by atoms with van der Waals surface area (Å²) in [7, 11) is 0. The molecule has 0 saturated heterocycles. The number of benzene rings is 2. The van der Waals surface area contributed by atoms with Crippen LogP contribution in [0.3, 0.4) is 0 Å². The molecular formula is C35H39NO3. The zero-order chi connectivity index (χ0) is 27.9. The Morgan fingerprint density at radius 3 is 2.00 bits per heavy atom. The molecule has 0 radical (unpaired) electrons. The Morgan fingerprint density at radius 2 is 1.46 bits per heavy atom. The number of nitrogens with zero attached hydrogens (tertiary/aromatic N) is 1. The van der Waals surface area contributed by atoms with Crippen molar-refractivity contribution in [3.8, 4) is 17.6 Å². The van der Waals surface area contributed by atoms with E-state index in [9.17, 15) is 14.7 Å². The first-order valence-electron chi connectivity index (χ1n) is 14.2. The fourth-order valence-corrected chi connectivity index (χ4v) is 6.44. The number of carbonyl (C=O) groups excluding carboxylic acids is 2. The Labute approximate surface area is 232 Å². The van der Waals surface area contributed by atoms with Gasteiger partial charge in [-0.1, -0.05) is 65.0 Å². The highest BCUT2D eigenvalue weighted by molar-refractivity contribution is 6.08. The molecular weight excluding hydrogens is 482 g/mol. The van der Waals surface area contributed by atoms with Gasteiger partial charge in [0.25, 0.3) is 0 Å². The van der Waals surface area contributed by atoms with Crippen LogP contribution in [0.15, 0.2) is 71.1 Å². The first-order valence-corrected chi connectivity index (χ1v) is 14.2. The van der Waals surface area contributed by atoms with Crippen LogP contribution in [0.5, 0.6) is 5.75 Å². The van der Waals surface area contributed by atoms with Crippen molar-refractivity contribution in [1.82, 2.24) is 0 Å². The van der Waals surface area contributed by atoms with Crippen LogP contribution in [-0.2, 0) is 9.59 Å². The standard InChI is InChI=1S/C35H39NO3/c1-6-7-8-9-11-23-14-16-25(17-15-23)36-27-19-34(2,3)21-29(38)32(27)31(24-12-10-13-26(37)18-24)33-28(36)20-35(4,5)22-30(33)39/h10,12-18,31,37H,6-8,19-22H2,1-5H3. The van der Waals surface area contributed by atoms with E-state index in [1.807, 2.05) is 18.2 Å². The first kappa shape index (κ1) is 27.0. The van der Waals surface area contributed by atoms with Crippen LogP contribution in [0.4, 0.5) is 5.69 Å². The number of unbranched alkanes of at least 4 members (excludes halogenated alkanes) is 2. The molecule has 5 rings (SSSR count). The number of hydrogen-bond acceptors (Lipinski definition) is 4. The zero-order valence-electron chi connectivity index (χ0n) is 23.9. The van der Waals surface area contributed by atoms with Crippen LogP contribution in [0, 0.1) is 22.7 Å². The molecule has 4 heteroatoms. The van der Waals surface area contributed by atoms with E-state index < -0.39 is 5.92 Å². The lowest BCUT2D eigenvalue weighted by Crippen LogP contribution is -2.44. The van der Waals surface area contributed by atoms with E-state index in [0.717, 1.165) is 60.3 Å². The van der Waals surface area contributed by atoms with E-state index in [1.165, 1.54) is 0 Å². The summed E-state index contributed by atoms with van der Waals surface area (Å²) in [5, 5.41) is 10.4. The minimum absolute atomic E-state index is 0.0854. The van der Waals surface area contributed by atoms with Gasteiger partial charge in [0.15, 0.2) is 11.6 Å². The van der Waals surface area contributed by atoms with Crippen LogP contribution < -0.4 is 4.90 Å². The van der Waals surface area contributed by atoms with Crippen molar-refractivity contribution in [3.63, 3.8) is 0 Å². The number of phenolic OH excluding ortho intramolecular Hbond substituents is 1. The maximum atomic E-state index is 13.9. The summed E-state index contributed by atoms with van der Waals surface area (Å²) in [5.41, 5.74) is 5.70. The molecule has 0 spiro atoms. The molecule has 2 aromatic rings. The summed E-state index contributed by atoms with van der Waals surface area (Å²) in [6.07, 6.45) is 5.45. The fourth-order valence-electron chi connectivity index (χ4n) is 6.44. The normalized spacial score (nSPS) is 20.4. The number of Topliss-reactive ketones (excluding diaryl/α,β-unsaturated/α-hetero) is 2. The fraction of sp³-hybridized carbons (Fsp3) is 0.429. The average Bonchev–Trinajstić information content (AvgIpc) is 2.84. The molecule has 202 valence electrons. The second-order valence-corrected chi connectivity index (χ2v) is 12.9. The van der Waals surface area contributed by atoms with E-state index in [-0.39, 0.29) is 28.1 Å². The minimum Gasteiger partial charge on any atom is -0.508 e. The van der Waals surface area contributed by atoms with Crippen molar-refractivity contribution in [3.05, 3.63) is 82.2 Å². The van der Waals surface area contributed by atoms with Crippen LogP contribution in [-0.4, -0.2) is 16.7 Å². The van der Waals surface area contributed by atoms with E-state index in [0.29, 0.717) is 24.0 Å². The molecule has 4 nitrogen and oxygen atoms in total. The predicted octanol–water partition coefficient (Wildman–Crippen LogP) is 7.82. The molecule has 39 heavy (non-hydrogen) atoms. The second kappa shape index (κ2) is 10.2. The van der Waals surface area contributed by atoms with Gasteiger partial charge in [-0.05, 0) is 72.1 Å². The van der Waals surface area contributed by atoms with E-state index in [1.54, 1.807) is 18.2 Å². The summed E-state index contributed by atoms with van der Waals surface area (Å²) >= 11 is 0. The van der Waals surface area contributed by atoms with Crippen LogP contribution in [0.2, 0.25) is 0 Å². The average molecular weight is 522 g/mol. The van der Waals surface area contributed by atoms with Crippen molar-refractivity contribution < 1.29 is 14.7 Å². The van der Waals surface area contributed by atoms with Gasteiger partial charge in [-0.2, -0.15) is 0 Å². The van der Waals surface area contributed by atoms with Gasteiger partial charge < -0.3 is 10.0 Å². The van der Waals surface area contributed by atoms with Gasteiger partial charge in [-0.25, -0.2) is 0 Å². The van der Waals surface area contributed by atoms with Gasteiger partial charge in [0, 0.05) is 59.0 Å². The number of aromatic hydroxyl groups is 1. The number of carbonyl (C=O) groups is 2. The van der Waals surface area contributed by atoms with E-state index >= 15 is 0 Å². The molecule has 0 saturated carbocycles. The van der Waals surface area contributed by atoms with Crippen LogP contribution >= 0.6 is 0 Å². The van der Waals surface area contributed by atoms with Gasteiger partial charge >= 0.3 is 0 Å². The molecule has 0 amide bonds. The van der Waals surface area contributed by atoms with Gasteiger partial charge in [-0.15, -0.1) is 0 Å². The Morgan fingerprint density at radius 1 is 0.872 bits per heavy atom. The smallest absolute Gasteiger partial charge is 0.162 e. The number of ketones is 2.